The second-order valence-corrected chi connectivity index (χ2v) is 11.9. The maximum atomic E-state index is 13.2. The summed E-state index contributed by atoms with van der Waals surface area (Å²) in [4.78, 5) is 24.8. The van der Waals surface area contributed by atoms with E-state index in [-0.39, 0.29) is 23.3 Å². The van der Waals surface area contributed by atoms with E-state index in [9.17, 15) is 4.79 Å². The lowest BCUT2D eigenvalue weighted by molar-refractivity contribution is 0.0894. The Hall–Kier alpha value is -4.12. The molecule has 11 nitrogen and oxygen atoms in total. The van der Waals surface area contributed by atoms with Gasteiger partial charge in [0, 0.05) is 36.8 Å². The molecule has 0 radical (unpaired) electrons. The van der Waals surface area contributed by atoms with E-state index in [0.29, 0.717) is 11.8 Å². The van der Waals surface area contributed by atoms with Gasteiger partial charge >= 0.3 is 11.8 Å². The summed E-state index contributed by atoms with van der Waals surface area (Å²) in [7, 11) is 0. The third-order valence-corrected chi connectivity index (χ3v) is 7.45. The molecule has 0 saturated heterocycles. The van der Waals surface area contributed by atoms with E-state index in [1.807, 2.05) is 33.8 Å². The molecule has 1 amide bonds. The number of hydrogen-bond donors (Lipinski definition) is 3. The summed E-state index contributed by atoms with van der Waals surface area (Å²) in [6.45, 7) is 10.7. The van der Waals surface area contributed by atoms with Gasteiger partial charge in [-0.25, -0.2) is 9.97 Å². The van der Waals surface area contributed by atoms with E-state index >= 15 is 0 Å². The number of aromatic amines is 1. The maximum Gasteiger partial charge on any atom is 0.309 e. The van der Waals surface area contributed by atoms with Crippen LogP contribution in [0.3, 0.4) is 0 Å². The first-order valence-electron chi connectivity index (χ1n) is 13.8. The molecule has 0 bridgehead atoms. The van der Waals surface area contributed by atoms with Crippen LogP contribution in [0.5, 0.6) is 0 Å². The first-order valence-corrected chi connectivity index (χ1v) is 13.8. The number of fused-ring (bicyclic) bond motifs is 1. The summed E-state index contributed by atoms with van der Waals surface area (Å²) in [6, 6.07) is 8.11. The molecular weight excluding hydrogens is 506 g/mol. The van der Waals surface area contributed by atoms with Crippen molar-refractivity contribution < 1.29 is 9.21 Å². The number of hydrogen-bond acceptors (Lipinski definition) is 9. The Morgan fingerprint density at radius 2 is 2.02 bits per heavy atom. The van der Waals surface area contributed by atoms with E-state index in [2.05, 4.69) is 59.1 Å². The number of aryl methyl sites for hydroxylation is 1. The number of nitrogens with one attached hydrogen (secondary N) is 3. The van der Waals surface area contributed by atoms with Crippen LogP contribution < -0.4 is 10.6 Å². The molecule has 40 heavy (non-hydrogen) atoms. The lowest BCUT2D eigenvalue weighted by Crippen LogP contribution is -2.31. The summed E-state index contributed by atoms with van der Waals surface area (Å²) in [5.41, 5.74) is 5.53. The van der Waals surface area contributed by atoms with Crippen LogP contribution in [0, 0.1) is 12.8 Å². The number of rotatable bonds is 7. The summed E-state index contributed by atoms with van der Waals surface area (Å²) < 4.78 is 5.71. The molecule has 0 unspecified atom stereocenters. The van der Waals surface area contributed by atoms with Gasteiger partial charge in [0.25, 0.3) is 0 Å². The standard InChI is InChI=1S/C29H35N9O2/c1-17-24(14-31-35-17)34-28-30-11-9-22(33-28)19-7-8-21-20(13-19)16-38(15-18-5-6-18)12-10-23(21)32-25(39)26-36-37-27(40-26)29(2,3)4/h7-9,11,13-14,18,23H,5-6,10,12,15-16H2,1-4H3,(H,31,35)(H,32,39)(H,30,33,34)/t23-/m1/s1. The monoisotopic (exact) mass is 541 g/mol. The zero-order valence-electron chi connectivity index (χ0n) is 23.4. The van der Waals surface area contributed by atoms with E-state index in [4.69, 9.17) is 9.40 Å². The first-order chi connectivity index (χ1) is 19.2. The number of H-pyrrole nitrogens is 1. The lowest BCUT2D eigenvalue weighted by Gasteiger charge is -2.20. The number of carbonyl (C=O) groups excluding carboxylic acids is 1. The molecule has 1 aliphatic heterocycles. The van der Waals surface area contributed by atoms with Gasteiger partial charge in [0.1, 0.15) is 0 Å². The van der Waals surface area contributed by atoms with Crippen molar-refractivity contribution in [2.24, 2.45) is 5.92 Å². The number of benzene rings is 1. The molecule has 1 aliphatic carbocycles. The summed E-state index contributed by atoms with van der Waals surface area (Å²) in [6.07, 6.45) is 6.86. The molecule has 0 spiro atoms. The summed E-state index contributed by atoms with van der Waals surface area (Å²) in [5.74, 6) is 1.37. The largest absolute Gasteiger partial charge is 0.416 e. The van der Waals surface area contributed by atoms with E-state index < -0.39 is 0 Å². The van der Waals surface area contributed by atoms with Crippen molar-refractivity contribution in [3.05, 3.63) is 65.3 Å². The topological polar surface area (TPSA) is 138 Å². The number of nitrogens with zero attached hydrogens (tertiary/aromatic N) is 6. The molecule has 1 atom stereocenters. The molecule has 3 N–H and O–H groups in total. The van der Waals surface area contributed by atoms with Crippen LogP contribution in [0.15, 0.2) is 41.1 Å². The van der Waals surface area contributed by atoms with Gasteiger partial charge < -0.3 is 15.1 Å². The van der Waals surface area contributed by atoms with Crippen LogP contribution in [0.25, 0.3) is 11.3 Å². The highest BCUT2D eigenvalue weighted by Gasteiger charge is 2.30. The highest BCUT2D eigenvalue weighted by molar-refractivity contribution is 5.89. The van der Waals surface area contributed by atoms with Gasteiger partial charge in [-0.15, -0.1) is 10.2 Å². The van der Waals surface area contributed by atoms with Gasteiger partial charge in [0.15, 0.2) is 0 Å². The number of aromatic nitrogens is 6. The lowest BCUT2D eigenvalue weighted by atomic mass is 9.96. The molecule has 3 aromatic heterocycles. The highest BCUT2D eigenvalue weighted by atomic mass is 16.4. The molecular formula is C29H35N9O2. The molecule has 2 aliphatic rings. The minimum atomic E-state index is -0.347. The Kier molecular flexibility index (Phi) is 6.83. The normalized spacial score (nSPS) is 17.8. The molecule has 6 rings (SSSR count). The Balaban J connectivity index is 1.27. The number of amides is 1. The third-order valence-electron chi connectivity index (χ3n) is 7.45. The van der Waals surface area contributed by atoms with Crippen molar-refractivity contribution in [2.75, 3.05) is 18.4 Å². The van der Waals surface area contributed by atoms with Gasteiger partial charge in [-0.1, -0.05) is 32.9 Å². The van der Waals surface area contributed by atoms with Gasteiger partial charge in [0.2, 0.25) is 11.8 Å². The Morgan fingerprint density at radius 3 is 2.75 bits per heavy atom. The van der Waals surface area contributed by atoms with E-state index in [1.54, 1.807) is 12.4 Å². The highest BCUT2D eigenvalue weighted by Crippen LogP contribution is 2.35. The average molecular weight is 542 g/mol. The molecule has 1 saturated carbocycles. The SMILES string of the molecule is Cc1[nH]ncc1Nc1nccc(-c2ccc3c(c2)CN(CC2CC2)CC[C@H]3NC(=O)c2nnc(C(C)(C)C)o2)n1. The van der Waals surface area contributed by atoms with E-state index in [1.165, 1.54) is 18.4 Å². The van der Waals surface area contributed by atoms with Crippen LogP contribution in [-0.4, -0.2) is 54.3 Å². The smallest absolute Gasteiger partial charge is 0.309 e. The summed E-state index contributed by atoms with van der Waals surface area (Å²) in [5, 5.41) is 21.5. The predicted octanol–water partition coefficient (Wildman–Crippen LogP) is 4.69. The number of carbonyl (C=O) groups is 1. The second-order valence-electron chi connectivity index (χ2n) is 11.9. The molecule has 4 aromatic rings. The van der Waals surface area contributed by atoms with Gasteiger partial charge in [-0.05, 0) is 55.4 Å². The van der Waals surface area contributed by atoms with Crippen LogP contribution in [0.4, 0.5) is 11.6 Å². The third kappa shape index (κ3) is 5.74. The molecule has 1 fully saturated rings. The van der Waals surface area contributed by atoms with E-state index in [0.717, 1.165) is 60.2 Å². The zero-order valence-corrected chi connectivity index (χ0v) is 23.4. The maximum absolute atomic E-state index is 13.2. The molecule has 11 heteroatoms. The van der Waals surface area contributed by atoms with Crippen LogP contribution in [0.1, 0.15) is 79.5 Å². The Bertz CT molecular complexity index is 1520. The minimum absolute atomic E-state index is 0.00365. The first kappa shape index (κ1) is 26.1. The van der Waals surface area contributed by atoms with Gasteiger partial charge in [-0.2, -0.15) is 5.10 Å². The fraction of sp³-hybridized carbons (Fsp3) is 0.448. The van der Waals surface area contributed by atoms with Crippen molar-refractivity contribution in [3.8, 4) is 11.3 Å². The van der Waals surface area contributed by atoms with Crippen LogP contribution in [0.2, 0.25) is 0 Å². The van der Waals surface area contributed by atoms with Crippen molar-refractivity contribution in [1.29, 1.82) is 0 Å². The van der Waals surface area contributed by atoms with Crippen molar-refractivity contribution in [3.63, 3.8) is 0 Å². The molecule has 208 valence electrons. The minimum Gasteiger partial charge on any atom is -0.416 e. The second kappa shape index (κ2) is 10.5. The van der Waals surface area contributed by atoms with Crippen molar-refractivity contribution in [2.45, 2.75) is 65.0 Å². The average Bonchev–Trinajstić information content (AvgIpc) is 3.47. The Morgan fingerprint density at radius 1 is 1.18 bits per heavy atom. The van der Waals surface area contributed by atoms with Crippen LogP contribution >= 0.6 is 0 Å². The van der Waals surface area contributed by atoms with Gasteiger partial charge in [-0.3, -0.25) is 14.8 Å². The predicted molar refractivity (Wildman–Crippen MR) is 150 cm³/mol. The van der Waals surface area contributed by atoms with Gasteiger partial charge in [0.05, 0.1) is 29.3 Å². The quantitative estimate of drug-likeness (QED) is 0.304. The van der Waals surface area contributed by atoms with Crippen molar-refractivity contribution in [1.82, 2.24) is 40.6 Å². The molecule has 1 aromatic carbocycles. The zero-order chi connectivity index (χ0) is 27.9. The van der Waals surface area contributed by atoms with Crippen molar-refractivity contribution >= 4 is 17.5 Å². The number of anilines is 2. The van der Waals surface area contributed by atoms with Crippen LogP contribution in [-0.2, 0) is 12.0 Å². The fourth-order valence-corrected chi connectivity index (χ4v) is 5.02. The Labute approximate surface area is 233 Å². The fourth-order valence-electron chi connectivity index (χ4n) is 5.02. The summed E-state index contributed by atoms with van der Waals surface area (Å²) >= 11 is 0. The molecule has 4 heterocycles.